The van der Waals surface area contributed by atoms with Crippen LogP contribution in [0, 0.1) is 0 Å². The van der Waals surface area contributed by atoms with Crippen molar-refractivity contribution in [1.29, 1.82) is 0 Å². The van der Waals surface area contributed by atoms with Gasteiger partial charge < -0.3 is 10.1 Å². The first-order chi connectivity index (χ1) is 5.27. The Morgan fingerprint density at radius 3 is 2.64 bits per heavy atom. The van der Waals surface area contributed by atoms with Crippen LogP contribution in [0.15, 0.2) is 0 Å². The third-order valence-corrected chi connectivity index (χ3v) is 2.32. The molecule has 0 aromatic carbocycles. The lowest BCUT2D eigenvalue weighted by Gasteiger charge is -2.05. The van der Waals surface area contributed by atoms with E-state index in [2.05, 4.69) is 19.2 Å². The normalized spacial score (nSPS) is 10.9. The van der Waals surface area contributed by atoms with Gasteiger partial charge in [0.15, 0.2) is 0 Å². The maximum absolute atomic E-state index is 4.90. The summed E-state index contributed by atoms with van der Waals surface area (Å²) in [6.07, 6.45) is 0. The standard InChI is InChI=1S/C8H19NOS/c1-8(2)11-7-5-9-4-6-10-3/h8-9H,4-7H2,1-3H3. The van der Waals surface area contributed by atoms with Gasteiger partial charge in [-0.1, -0.05) is 13.8 Å². The van der Waals surface area contributed by atoms with Crippen LogP contribution in [0.3, 0.4) is 0 Å². The van der Waals surface area contributed by atoms with Gasteiger partial charge in [0.2, 0.25) is 0 Å². The zero-order valence-corrected chi connectivity index (χ0v) is 8.54. The van der Waals surface area contributed by atoms with Gasteiger partial charge in [-0.25, -0.2) is 0 Å². The molecule has 0 aromatic heterocycles. The van der Waals surface area contributed by atoms with Gasteiger partial charge in [-0.05, 0) is 5.25 Å². The first-order valence-corrected chi connectivity index (χ1v) is 5.13. The third kappa shape index (κ3) is 10.3. The van der Waals surface area contributed by atoms with Crippen LogP contribution in [-0.2, 0) is 4.74 Å². The monoisotopic (exact) mass is 177 g/mol. The van der Waals surface area contributed by atoms with Gasteiger partial charge in [0, 0.05) is 26.0 Å². The van der Waals surface area contributed by atoms with E-state index in [1.54, 1.807) is 7.11 Å². The summed E-state index contributed by atoms with van der Waals surface area (Å²) in [6.45, 7) is 7.31. The minimum Gasteiger partial charge on any atom is -0.383 e. The molecule has 0 spiro atoms. The number of rotatable bonds is 7. The van der Waals surface area contributed by atoms with Crippen molar-refractivity contribution >= 4 is 11.8 Å². The van der Waals surface area contributed by atoms with Gasteiger partial charge in [0.25, 0.3) is 0 Å². The molecule has 11 heavy (non-hydrogen) atoms. The van der Waals surface area contributed by atoms with Crippen LogP contribution >= 0.6 is 11.8 Å². The number of thioether (sulfide) groups is 1. The Morgan fingerprint density at radius 2 is 2.09 bits per heavy atom. The summed E-state index contributed by atoms with van der Waals surface area (Å²) in [5, 5.41) is 4.05. The summed E-state index contributed by atoms with van der Waals surface area (Å²) in [5.74, 6) is 1.20. The fourth-order valence-electron chi connectivity index (χ4n) is 0.666. The van der Waals surface area contributed by atoms with E-state index >= 15 is 0 Å². The van der Waals surface area contributed by atoms with Crippen molar-refractivity contribution in [3.63, 3.8) is 0 Å². The number of hydrogen-bond donors (Lipinski definition) is 1. The highest BCUT2D eigenvalue weighted by molar-refractivity contribution is 7.99. The maximum Gasteiger partial charge on any atom is 0.0587 e. The van der Waals surface area contributed by atoms with Crippen LogP contribution in [0.4, 0.5) is 0 Å². The van der Waals surface area contributed by atoms with Gasteiger partial charge in [-0.3, -0.25) is 0 Å². The summed E-state index contributed by atoms with van der Waals surface area (Å²) < 4.78 is 4.90. The molecule has 0 aliphatic carbocycles. The van der Waals surface area contributed by atoms with E-state index in [0.29, 0.717) is 0 Å². The second-order valence-electron chi connectivity index (χ2n) is 2.66. The van der Waals surface area contributed by atoms with E-state index in [1.165, 1.54) is 5.75 Å². The van der Waals surface area contributed by atoms with Crippen molar-refractivity contribution in [3.8, 4) is 0 Å². The highest BCUT2D eigenvalue weighted by atomic mass is 32.2. The molecular weight excluding hydrogens is 158 g/mol. The van der Waals surface area contributed by atoms with E-state index in [0.717, 1.165) is 24.9 Å². The van der Waals surface area contributed by atoms with Gasteiger partial charge in [0.1, 0.15) is 0 Å². The van der Waals surface area contributed by atoms with E-state index in [9.17, 15) is 0 Å². The Kier molecular flexibility index (Phi) is 8.57. The zero-order valence-electron chi connectivity index (χ0n) is 7.72. The predicted molar refractivity (Wildman–Crippen MR) is 52.3 cm³/mol. The molecule has 0 saturated heterocycles. The number of ether oxygens (including phenoxy) is 1. The molecule has 0 heterocycles. The topological polar surface area (TPSA) is 21.3 Å². The molecule has 3 heteroatoms. The molecule has 0 rings (SSSR count). The van der Waals surface area contributed by atoms with Crippen molar-refractivity contribution < 1.29 is 4.74 Å². The van der Waals surface area contributed by atoms with Crippen molar-refractivity contribution in [2.24, 2.45) is 0 Å². The number of hydrogen-bond acceptors (Lipinski definition) is 3. The number of methoxy groups -OCH3 is 1. The van der Waals surface area contributed by atoms with Crippen LogP contribution in [0.2, 0.25) is 0 Å². The third-order valence-electron chi connectivity index (χ3n) is 1.21. The Hall–Kier alpha value is 0.270. The lowest BCUT2D eigenvalue weighted by Crippen LogP contribution is -2.22. The highest BCUT2D eigenvalue weighted by Gasteiger charge is 1.92. The predicted octanol–water partition coefficient (Wildman–Crippen LogP) is 1.36. The molecule has 0 fully saturated rings. The average Bonchev–Trinajstić information content (AvgIpc) is 1.96. The van der Waals surface area contributed by atoms with Crippen LogP contribution in [0.5, 0.6) is 0 Å². The quantitative estimate of drug-likeness (QED) is 0.593. The van der Waals surface area contributed by atoms with Crippen molar-refractivity contribution in [1.82, 2.24) is 5.32 Å². The van der Waals surface area contributed by atoms with Crippen LogP contribution < -0.4 is 5.32 Å². The SMILES string of the molecule is COCCNCCSC(C)C. The Balaban J connectivity index is 2.80. The average molecular weight is 177 g/mol. The smallest absolute Gasteiger partial charge is 0.0587 e. The van der Waals surface area contributed by atoms with E-state index in [-0.39, 0.29) is 0 Å². The van der Waals surface area contributed by atoms with Gasteiger partial charge in [-0.15, -0.1) is 0 Å². The Labute approximate surface area is 74.1 Å². The van der Waals surface area contributed by atoms with Crippen molar-refractivity contribution in [2.75, 3.05) is 32.6 Å². The van der Waals surface area contributed by atoms with Crippen molar-refractivity contribution in [3.05, 3.63) is 0 Å². The van der Waals surface area contributed by atoms with E-state index in [1.807, 2.05) is 11.8 Å². The molecule has 68 valence electrons. The molecule has 2 nitrogen and oxygen atoms in total. The molecule has 0 aromatic rings. The zero-order chi connectivity index (χ0) is 8.53. The van der Waals surface area contributed by atoms with Gasteiger partial charge in [-0.2, -0.15) is 11.8 Å². The molecule has 0 bridgehead atoms. The van der Waals surface area contributed by atoms with E-state index < -0.39 is 0 Å². The molecule has 0 aliphatic heterocycles. The minimum atomic E-state index is 0.749. The summed E-state index contributed by atoms with van der Waals surface area (Å²) in [5.41, 5.74) is 0. The Bertz CT molecular complexity index is 78.5. The minimum absolute atomic E-state index is 0.749. The van der Waals surface area contributed by atoms with Crippen LogP contribution in [0.1, 0.15) is 13.8 Å². The lowest BCUT2D eigenvalue weighted by atomic mass is 10.6. The van der Waals surface area contributed by atoms with Crippen LogP contribution in [-0.4, -0.2) is 37.8 Å². The van der Waals surface area contributed by atoms with E-state index in [4.69, 9.17) is 4.74 Å². The highest BCUT2D eigenvalue weighted by Crippen LogP contribution is 2.06. The molecule has 1 N–H and O–H groups in total. The fourth-order valence-corrected chi connectivity index (χ4v) is 1.40. The largest absolute Gasteiger partial charge is 0.383 e. The first-order valence-electron chi connectivity index (χ1n) is 4.08. The second kappa shape index (κ2) is 8.37. The Morgan fingerprint density at radius 1 is 1.36 bits per heavy atom. The number of nitrogens with one attached hydrogen (secondary N) is 1. The molecule has 0 radical (unpaired) electrons. The summed E-state index contributed by atoms with van der Waals surface area (Å²) in [6, 6.07) is 0. The molecule has 0 atom stereocenters. The van der Waals surface area contributed by atoms with Crippen LogP contribution in [0.25, 0.3) is 0 Å². The lowest BCUT2D eigenvalue weighted by molar-refractivity contribution is 0.200. The second-order valence-corrected chi connectivity index (χ2v) is 4.35. The first kappa shape index (κ1) is 11.3. The molecular formula is C8H19NOS. The fraction of sp³-hybridized carbons (Fsp3) is 1.00. The van der Waals surface area contributed by atoms with Crippen molar-refractivity contribution in [2.45, 2.75) is 19.1 Å². The van der Waals surface area contributed by atoms with Gasteiger partial charge >= 0.3 is 0 Å². The van der Waals surface area contributed by atoms with Gasteiger partial charge in [0.05, 0.1) is 6.61 Å². The molecule has 0 unspecified atom stereocenters. The molecule has 0 saturated carbocycles. The summed E-state index contributed by atoms with van der Waals surface area (Å²) in [7, 11) is 1.73. The molecule has 0 amide bonds. The maximum atomic E-state index is 4.90. The molecule has 0 aliphatic rings. The summed E-state index contributed by atoms with van der Waals surface area (Å²) in [4.78, 5) is 0. The summed E-state index contributed by atoms with van der Waals surface area (Å²) >= 11 is 1.99.